The molecule has 1 aliphatic carbocycles. The number of benzene rings is 2. The Morgan fingerprint density at radius 3 is 2.46 bits per heavy atom. The van der Waals surface area contributed by atoms with Crippen molar-refractivity contribution in [1.29, 1.82) is 0 Å². The van der Waals surface area contributed by atoms with Gasteiger partial charge in [-0.2, -0.15) is 0 Å². The van der Waals surface area contributed by atoms with Crippen molar-refractivity contribution in [2.75, 3.05) is 13.1 Å². The Balaban J connectivity index is 1.69. The molecule has 2 nitrogen and oxygen atoms in total. The number of halogens is 1. The van der Waals surface area contributed by atoms with Gasteiger partial charge in [0.05, 0.1) is 0 Å². The SMILES string of the molecule is O=C(/C=C/C1=C(N2CCCC2)CCc2ccccc21)c1ccc(Br)cc1. The molecule has 2 aromatic carbocycles. The number of carbonyl (C=O) groups is 1. The summed E-state index contributed by atoms with van der Waals surface area (Å²) in [5.74, 6) is 0.0498. The summed E-state index contributed by atoms with van der Waals surface area (Å²) in [5, 5.41) is 0. The molecule has 132 valence electrons. The molecule has 0 atom stereocenters. The molecule has 1 heterocycles. The summed E-state index contributed by atoms with van der Waals surface area (Å²) in [4.78, 5) is 15.1. The third-order valence-electron chi connectivity index (χ3n) is 5.27. The zero-order valence-electron chi connectivity index (χ0n) is 14.7. The first-order valence-corrected chi connectivity index (χ1v) is 10.1. The maximum absolute atomic E-state index is 12.6. The van der Waals surface area contributed by atoms with Crippen LogP contribution in [-0.4, -0.2) is 23.8 Å². The van der Waals surface area contributed by atoms with Gasteiger partial charge >= 0.3 is 0 Å². The highest BCUT2D eigenvalue weighted by atomic mass is 79.9. The van der Waals surface area contributed by atoms with E-state index in [1.807, 2.05) is 30.3 Å². The Labute approximate surface area is 163 Å². The lowest BCUT2D eigenvalue weighted by Gasteiger charge is -2.29. The second-order valence-electron chi connectivity index (χ2n) is 6.92. The molecule has 26 heavy (non-hydrogen) atoms. The quantitative estimate of drug-likeness (QED) is 0.482. The van der Waals surface area contributed by atoms with Crippen LogP contribution in [0.3, 0.4) is 0 Å². The first kappa shape index (κ1) is 17.3. The lowest BCUT2D eigenvalue weighted by atomic mass is 9.87. The van der Waals surface area contributed by atoms with Gasteiger partial charge in [-0.05, 0) is 73.2 Å². The number of nitrogens with zero attached hydrogens (tertiary/aromatic N) is 1. The molecule has 0 N–H and O–H groups in total. The summed E-state index contributed by atoms with van der Waals surface area (Å²) >= 11 is 3.42. The summed E-state index contributed by atoms with van der Waals surface area (Å²) < 4.78 is 0.985. The van der Waals surface area contributed by atoms with Gasteiger partial charge in [-0.1, -0.05) is 40.2 Å². The molecule has 0 amide bonds. The first-order valence-electron chi connectivity index (χ1n) is 9.27. The Morgan fingerprint density at radius 1 is 0.962 bits per heavy atom. The van der Waals surface area contributed by atoms with Gasteiger partial charge in [0.15, 0.2) is 5.78 Å². The molecule has 1 aliphatic heterocycles. The van der Waals surface area contributed by atoms with Crippen LogP contribution in [-0.2, 0) is 6.42 Å². The van der Waals surface area contributed by atoms with Crippen molar-refractivity contribution in [3.63, 3.8) is 0 Å². The highest BCUT2D eigenvalue weighted by Crippen LogP contribution is 2.35. The van der Waals surface area contributed by atoms with Crippen LogP contribution in [0.4, 0.5) is 0 Å². The number of fused-ring (bicyclic) bond motifs is 1. The van der Waals surface area contributed by atoms with Crippen LogP contribution in [0.5, 0.6) is 0 Å². The van der Waals surface area contributed by atoms with Crippen molar-refractivity contribution in [3.8, 4) is 0 Å². The molecule has 1 fully saturated rings. The van der Waals surface area contributed by atoms with Crippen LogP contribution in [0, 0.1) is 0 Å². The molecule has 0 radical (unpaired) electrons. The van der Waals surface area contributed by atoms with Crippen LogP contribution in [0.1, 0.15) is 40.7 Å². The van der Waals surface area contributed by atoms with E-state index in [0.717, 1.165) is 36.0 Å². The predicted molar refractivity (Wildman–Crippen MR) is 110 cm³/mol. The van der Waals surface area contributed by atoms with Crippen molar-refractivity contribution in [2.24, 2.45) is 0 Å². The number of hydrogen-bond donors (Lipinski definition) is 0. The van der Waals surface area contributed by atoms with Gasteiger partial charge in [-0.25, -0.2) is 0 Å². The molecular formula is C23H22BrNO. The third-order valence-corrected chi connectivity index (χ3v) is 5.80. The van der Waals surface area contributed by atoms with Crippen LogP contribution in [0.2, 0.25) is 0 Å². The van der Waals surface area contributed by atoms with E-state index < -0.39 is 0 Å². The molecule has 2 aromatic rings. The van der Waals surface area contributed by atoms with Crippen molar-refractivity contribution < 1.29 is 4.79 Å². The summed E-state index contributed by atoms with van der Waals surface area (Å²) in [6.07, 6.45) is 8.44. The van der Waals surface area contributed by atoms with Crippen molar-refractivity contribution >= 4 is 27.3 Å². The van der Waals surface area contributed by atoms with E-state index in [9.17, 15) is 4.79 Å². The highest BCUT2D eigenvalue weighted by Gasteiger charge is 2.23. The second-order valence-corrected chi connectivity index (χ2v) is 7.83. The third kappa shape index (κ3) is 3.54. The van der Waals surface area contributed by atoms with E-state index in [1.165, 1.54) is 35.2 Å². The maximum atomic E-state index is 12.6. The van der Waals surface area contributed by atoms with E-state index in [2.05, 4.69) is 45.1 Å². The first-order chi connectivity index (χ1) is 12.7. The van der Waals surface area contributed by atoms with Gasteiger partial charge in [0.25, 0.3) is 0 Å². The minimum Gasteiger partial charge on any atom is -0.374 e. The number of likely N-dealkylation sites (tertiary alicyclic amines) is 1. The minimum atomic E-state index is 0.0498. The minimum absolute atomic E-state index is 0.0498. The monoisotopic (exact) mass is 407 g/mol. The van der Waals surface area contributed by atoms with E-state index in [0.29, 0.717) is 0 Å². The molecule has 0 aromatic heterocycles. The summed E-state index contributed by atoms with van der Waals surface area (Å²) in [6, 6.07) is 16.1. The number of hydrogen-bond acceptors (Lipinski definition) is 2. The summed E-state index contributed by atoms with van der Waals surface area (Å²) in [7, 11) is 0. The largest absolute Gasteiger partial charge is 0.374 e. The van der Waals surface area contributed by atoms with E-state index >= 15 is 0 Å². The fraction of sp³-hybridized carbons (Fsp3) is 0.261. The number of rotatable bonds is 4. The maximum Gasteiger partial charge on any atom is 0.185 e. The van der Waals surface area contributed by atoms with Crippen molar-refractivity contribution in [2.45, 2.75) is 25.7 Å². The molecule has 0 bridgehead atoms. The standard InChI is InChI=1S/C23H22BrNO/c24-19-10-7-18(8-11-19)23(26)14-12-21-20-6-2-1-5-17(20)9-13-22(21)25-15-3-4-16-25/h1-2,5-8,10-12,14H,3-4,9,13,15-16H2/b14-12+. The second kappa shape index (κ2) is 7.63. The molecule has 4 rings (SSSR count). The summed E-state index contributed by atoms with van der Waals surface area (Å²) in [6.45, 7) is 2.27. The predicted octanol–water partition coefficient (Wildman–Crippen LogP) is 5.64. The average molecular weight is 408 g/mol. The average Bonchev–Trinajstić information content (AvgIpc) is 3.21. The van der Waals surface area contributed by atoms with Gasteiger partial charge < -0.3 is 4.90 Å². The van der Waals surface area contributed by atoms with E-state index in [-0.39, 0.29) is 5.78 Å². The number of allylic oxidation sites excluding steroid dienone is 4. The molecule has 0 spiro atoms. The molecular weight excluding hydrogens is 386 g/mol. The molecule has 0 unspecified atom stereocenters. The van der Waals surface area contributed by atoms with Gasteiger partial charge in [-0.3, -0.25) is 4.79 Å². The molecule has 2 aliphatic rings. The van der Waals surface area contributed by atoms with Crippen molar-refractivity contribution in [3.05, 3.63) is 87.5 Å². The highest BCUT2D eigenvalue weighted by molar-refractivity contribution is 9.10. The Bertz CT molecular complexity index is 873. The lowest BCUT2D eigenvalue weighted by molar-refractivity contribution is 0.104. The number of carbonyl (C=O) groups excluding carboxylic acids is 1. The Morgan fingerprint density at radius 2 is 1.69 bits per heavy atom. The van der Waals surface area contributed by atoms with Gasteiger partial charge in [0.1, 0.15) is 0 Å². The normalized spacial score (nSPS) is 17.0. The number of ketones is 1. The summed E-state index contributed by atoms with van der Waals surface area (Å²) in [5.41, 5.74) is 6.00. The van der Waals surface area contributed by atoms with E-state index in [4.69, 9.17) is 0 Å². The van der Waals surface area contributed by atoms with Crippen LogP contribution in [0.15, 0.2) is 70.9 Å². The smallest absolute Gasteiger partial charge is 0.185 e. The Hall–Kier alpha value is -2.13. The zero-order valence-corrected chi connectivity index (χ0v) is 16.3. The van der Waals surface area contributed by atoms with Crippen molar-refractivity contribution in [1.82, 2.24) is 4.90 Å². The fourth-order valence-corrected chi connectivity index (χ4v) is 4.18. The molecule has 3 heteroatoms. The van der Waals surface area contributed by atoms with Gasteiger partial charge in [0.2, 0.25) is 0 Å². The topological polar surface area (TPSA) is 20.3 Å². The Kier molecular flexibility index (Phi) is 5.07. The van der Waals surface area contributed by atoms with Crippen LogP contribution in [0.25, 0.3) is 5.57 Å². The lowest BCUT2D eigenvalue weighted by Crippen LogP contribution is -2.22. The molecule has 1 saturated heterocycles. The van der Waals surface area contributed by atoms with Crippen LogP contribution >= 0.6 is 15.9 Å². The van der Waals surface area contributed by atoms with Crippen LogP contribution < -0.4 is 0 Å². The van der Waals surface area contributed by atoms with E-state index in [1.54, 1.807) is 6.08 Å². The van der Waals surface area contributed by atoms with Gasteiger partial charge in [-0.15, -0.1) is 0 Å². The molecule has 0 saturated carbocycles. The van der Waals surface area contributed by atoms with Gasteiger partial charge in [0, 0.05) is 34.4 Å². The zero-order chi connectivity index (χ0) is 17.9. The fourth-order valence-electron chi connectivity index (χ4n) is 3.92. The number of aryl methyl sites for hydroxylation is 1.